The molecule has 1 aliphatic carbocycles. The SMILES string of the molecule is C=CC(OC(=O)OCC)=C(C(=C)OC)C1C=C(C)CCC1C(=C)C. The minimum Gasteiger partial charge on any atom is -0.497 e. The van der Waals surface area contributed by atoms with E-state index in [2.05, 4.69) is 32.7 Å². The van der Waals surface area contributed by atoms with Crippen molar-refractivity contribution in [1.82, 2.24) is 0 Å². The van der Waals surface area contributed by atoms with E-state index in [1.807, 2.05) is 6.92 Å². The van der Waals surface area contributed by atoms with Crippen molar-refractivity contribution in [3.05, 3.63) is 60.1 Å². The molecule has 0 heterocycles. The van der Waals surface area contributed by atoms with E-state index >= 15 is 0 Å². The second kappa shape index (κ2) is 9.16. The van der Waals surface area contributed by atoms with Gasteiger partial charge in [-0.05, 0) is 45.6 Å². The number of carbonyl (C=O) groups is 1. The Morgan fingerprint density at radius 1 is 1.42 bits per heavy atom. The Morgan fingerprint density at radius 2 is 2.08 bits per heavy atom. The zero-order valence-corrected chi connectivity index (χ0v) is 15.2. The molecule has 2 atom stereocenters. The minimum atomic E-state index is -0.766. The van der Waals surface area contributed by atoms with Gasteiger partial charge in [-0.3, -0.25) is 0 Å². The van der Waals surface area contributed by atoms with Crippen LogP contribution >= 0.6 is 0 Å². The number of rotatable bonds is 7. The molecule has 1 rings (SSSR count). The molecule has 132 valence electrons. The van der Waals surface area contributed by atoms with Crippen LogP contribution in [0.15, 0.2) is 60.1 Å². The van der Waals surface area contributed by atoms with Crippen LogP contribution in [0.3, 0.4) is 0 Å². The zero-order valence-electron chi connectivity index (χ0n) is 15.2. The zero-order chi connectivity index (χ0) is 18.3. The van der Waals surface area contributed by atoms with Crippen LogP contribution in [0.25, 0.3) is 0 Å². The van der Waals surface area contributed by atoms with Gasteiger partial charge in [0.05, 0.1) is 13.7 Å². The fourth-order valence-electron chi connectivity index (χ4n) is 2.95. The third-order valence-electron chi connectivity index (χ3n) is 4.17. The van der Waals surface area contributed by atoms with Crippen molar-refractivity contribution in [2.45, 2.75) is 33.6 Å². The van der Waals surface area contributed by atoms with Gasteiger partial charge in [0.25, 0.3) is 0 Å². The summed E-state index contributed by atoms with van der Waals surface area (Å²) in [6.07, 6.45) is 4.89. The molecule has 1 aliphatic rings. The molecule has 0 aromatic carbocycles. The maximum Gasteiger partial charge on any atom is 0.513 e. The van der Waals surface area contributed by atoms with Gasteiger partial charge in [-0.2, -0.15) is 0 Å². The summed E-state index contributed by atoms with van der Waals surface area (Å²) in [4.78, 5) is 11.8. The standard InChI is InChI=1S/C20H28O4/c1-8-18(24-20(21)23-9-2)19(15(6)22-7)17-12-14(5)10-11-16(17)13(3)4/h8,12,16-17H,1,3,6,9-11H2,2,4-5,7H3. The first-order valence-corrected chi connectivity index (χ1v) is 8.12. The highest BCUT2D eigenvalue weighted by Gasteiger charge is 2.32. The monoisotopic (exact) mass is 332 g/mol. The van der Waals surface area contributed by atoms with Crippen molar-refractivity contribution in [2.75, 3.05) is 13.7 Å². The molecule has 24 heavy (non-hydrogen) atoms. The maximum absolute atomic E-state index is 11.8. The van der Waals surface area contributed by atoms with Crippen LogP contribution in [0.2, 0.25) is 0 Å². The van der Waals surface area contributed by atoms with E-state index in [4.69, 9.17) is 14.2 Å². The molecule has 0 spiro atoms. The highest BCUT2D eigenvalue weighted by molar-refractivity contribution is 5.62. The lowest BCUT2D eigenvalue weighted by atomic mass is 9.73. The van der Waals surface area contributed by atoms with E-state index < -0.39 is 6.16 Å². The van der Waals surface area contributed by atoms with Crippen molar-refractivity contribution in [1.29, 1.82) is 0 Å². The molecule has 4 nitrogen and oxygen atoms in total. The van der Waals surface area contributed by atoms with Crippen LogP contribution in [0, 0.1) is 11.8 Å². The summed E-state index contributed by atoms with van der Waals surface area (Å²) in [6.45, 7) is 17.9. The topological polar surface area (TPSA) is 44.8 Å². The molecule has 0 amide bonds. The Balaban J connectivity index is 3.41. The van der Waals surface area contributed by atoms with E-state index in [0.29, 0.717) is 17.1 Å². The summed E-state index contributed by atoms with van der Waals surface area (Å²) in [6, 6.07) is 0. The molecule has 0 aromatic rings. The average molecular weight is 332 g/mol. The van der Waals surface area contributed by atoms with Crippen LogP contribution < -0.4 is 0 Å². The van der Waals surface area contributed by atoms with Crippen LogP contribution in [0.4, 0.5) is 4.79 Å². The molecule has 0 N–H and O–H groups in total. The van der Waals surface area contributed by atoms with Crippen LogP contribution in [-0.2, 0) is 14.2 Å². The van der Waals surface area contributed by atoms with Crippen LogP contribution in [0.1, 0.15) is 33.6 Å². The molecule has 0 fully saturated rings. The third-order valence-corrected chi connectivity index (χ3v) is 4.17. The van der Waals surface area contributed by atoms with Crippen molar-refractivity contribution in [3.63, 3.8) is 0 Å². The lowest BCUT2D eigenvalue weighted by Crippen LogP contribution is -2.23. The molecular weight excluding hydrogens is 304 g/mol. The van der Waals surface area contributed by atoms with E-state index in [9.17, 15) is 4.79 Å². The Hall–Kier alpha value is -2.23. The Bertz CT molecular complexity index is 580. The van der Waals surface area contributed by atoms with Gasteiger partial charge < -0.3 is 14.2 Å². The summed E-state index contributed by atoms with van der Waals surface area (Å²) in [5.74, 6) is 0.932. The molecule has 4 heteroatoms. The molecule has 2 unspecified atom stereocenters. The predicted molar refractivity (Wildman–Crippen MR) is 96.3 cm³/mol. The van der Waals surface area contributed by atoms with Gasteiger partial charge in [-0.15, -0.1) is 0 Å². The second-order valence-electron chi connectivity index (χ2n) is 5.92. The van der Waals surface area contributed by atoms with Gasteiger partial charge >= 0.3 is 6.16 Å². The summed E-state index contributed by atoms with van der Waals surface area (Å²) >= 11 is 0. The molecule has 0 saturated carbocycles. The van der Waals surface area contributed by atoms with Gasteiger partial charge in [0.1, 0.15) is 11.5 Å². The number of ether oxygens (including phenoxy) is 3. The molecule has 0 aliphatic heterocycles. The lowest BCUT2D eigenvalue weighted by molar-refractivity contribution is 0.0826. The number of hydrogen-bond donors (Lipinski definition) is 0. The van der Waals surface area contributed by atoms with Gasteiger partial charge in [-0.25, -0.2) is 4.79 Å². The molecule has 0 radical (unpaired) electrons. The number of carbonyl (C=O) groups excluding carboxylic acids is 1. The highest BCUT2D eigenvalue weighted by atomic mass is 16.7. The third kappa shape index (κ3) is 4.88. The molecule has 0 saturated heterocycles. The predicted octanol–water partition coefficient (Wildman–Crippen LogP) is 5.31. The number of methoxy groups -OCH3 is 1. The van der Waals surface area contributed by atoms with Crippen molar-refractivity contribution in [3.8, 4) is 0 Å². The normalized spacial score (nSPS) is 21.1. The Kier molecular flexibility index (Phi) is 7.56. The van der Waals surface area contributed by atoms with Crippen molar-refractivity contribution in [2.24, 2.45) is 11.8 Å². The minimum absolute atomic E-state index is 0.0360. The number of allylic oxidation sites excluding steroid dienone is 5. The Morgan fingerprint density at radius 3 is 2.58 bits per heavy atom. The largest absolute Gasteiger partial charge is 0.513 e. The first kappa shape index (κ1) is 19.8. The fourth-order valence-corrected chi connectivity index (χ4v) is 2.95. The van der Waals surface area contributed by atoms with Gasteiger partial charge in [0, 0.05) is 11.5 Å². The maximum atomic E-state index is 11.8. The highest BCUT2D eigenvalue weighted by Crippen LogP contribution is 2.41. The van der Waals surface area contributed by atoms with Crippen LogP contribution in [-0.4, -0.2) is 19.9 Å². The van der Waals surface area contributed by atoms with E-state index in [1.54, 1.807) is 14.0 Å². The van der Waals surface area contributed by atoms with Crippen molar-refractivity contribution >= 4 is 6.16 Å². The van der Waals surface area contributed by atoms with E-state index in [1.165, 1.54) is 11.6 Å². The first-order valence-electron chi connectivity index (χ1n) is 8.12. The number of hydrogen-bond acceptors (Lipinski definition) is 4. The van der Waals surface area contributed by atoms with Gasteiger partial charge in [0.2, 0.25) is 0 Å². The summed E-state index contributed by atoms with van der Waals surface area (Å²) in [5, 5.41) is 0. The van der Waals surface area contributed by atoms with E-state index in [0.717, 1.165) is 18.4 Å². The Labute approximate surface area is 145 Å². The summed E-state index contributed by atoms with van der Waals surface area (Å²) in [7, 11) is 1.54. The first-order chi connectivity index (χ1) is 11.3. The summed E-state index contributed by atoms with van der Waals surface area (Å²) in [5.41, 5.74) is 3.05. The second-order valence-corrected chi connectivity index (χ2v) is 5.92. The van der Waals surface area contributed by atoms with Gasteiger partial charge in [-0.1, -0.05) is 37.0 Å². The van der Waals surface area contributed by atoms with Gasteiger partial charge in [0.15, 0.2) is 0 Å². The fraction of sp³-hybridized carbons (Fsp3) is 0.450. The quantitative estimate of drug-likeness (QED) is 0.274. The van der Waals surface area contributed by atoms with Crippen molar-refractivity contribution < 1.29 is 19.0 Å². The molecule has 0 aromatic heterocycles. The lowest BCUT2D eigenvalue weighted by Gasteiger charge is -2.33. The summed E-state index contributed by atoms with van der Waals surface area (Å²) < 4.78 is 15.6. The smallest absolute Gasteiger partial charge is 0.497 e. The molecular formula is C20H28O4. The van der Waals surface area contributed by atoms with E-state index in [-0.39, 0.29) is 18.4 Å². The average Bonchev–Trinajstić information content (AvgIpc) is 2.53. The molecule has 0 bridgehead atoms. The van der Waals surface area contributed by atoms with Crippen LogP contribution in [0.5, 0.6) is 0 Å².